The lowest BCUT2D eigenvalue weighted by Gasteiger charge is -2.15. The van der Waals surface area contributed by atoms with Crippen LogP contribution in [0.2, 0.25) is 5.02 Å². The van der Waals surface area contributed by atoms with Crippen molar-refractivity contribution in [2.75, 3.05) is 25.0 Å². The summed E-state index contributed by atoms with van der Waals surface area (Å²) in [6.07, 6.45) is 1.10. The van der Waals surface area contributed by atoms with Gasteiger partial charge in [-0.3, -0.25) is 9.69 Å². The van der Waals surface area contributed by atoms with Gasteiger partial charge in [-0.25, -0.2) is 4.79 Å². The average Bonchev–Trinajstić information content (AvgIpc) is 2.77. The molecular weight excluding hydrogens is 280 g/mol. The van der Waals surface area contributed by atoms with Gasteiger partial charge in [0.25, 0.3) is 0 Å². The number of hydrogen-bond donors (Lipinski definition) is 2. The third-order valence-electron chi connectivity index (χ3n) is 3.36. The van der Waals surface area contributed by atoms with Crippen LogP contribution >= 0.6 is 11.6 Å². The monoisotopic (exact) mass is 296 g/mol. The van der Waals surface area contributed by atoms with Crippen LogP contribution in [-0.4, -0.2) is 41.5 Å². The van der Waals surface area contributed by atoms with Crippen LogP contribution in [0.5, 0.6) is 0 Å². The molecule has 0 spiro atoms. The molecule has 1 amide bonds. The molecule has 1 aromatic rings. The number of hydrogen-bond acceptors (Lipinski definition) is 3. The first-order valence-corrected chi connectivity index (χ1v) is 6.88. The van der Waals surface area contributed by atoms with Crippen molar-refractivity contribution in [3.05, 3.63) is 28.8 Å². The van der Waals surface area contributed by atoms with E-state index >= 15 is 0 Å². The molecule has 1 heterocycles. The third kappa shape index (κ3) is 3.71. The first kappa shape index (κ1) is 14.8. The van der Waals surface area contributed by atoms with Crippen molar-refractivity contribution in [3.8, 4) is 0 Å². The molecule has 1 aliphatic rings. The number of nitrogens with zero attached hydrogens (tertiary/aromatic N) is 1. The fraction of sp³-hybridized carbons (Fsp3) is 0.429. The number of amides is 1. The normalized spacial score (nSPS) is 19.0. The zero-order valence-electron chi connectivity index (χ0n) is 11.2. The first-order chi connectivity index (χ1) is 9.45. The van der Waals surface area contributed by atoms with E-state index in [1.165, 1.54) is 18.2 Å². The number of carbonyl (C=O) groups is 2. The minimum Gasteiger partial charge on any atom is -0.478 e. The van der Waals surface area contributed by atoms with Gasteiger partial charge in [0, 0.05) is 6.54 Å². The maximum Gasteiger partial charge on any atom is 0.335 e. The summed E-state index contributed by atoms with van der Waals surface area (Å²) in [4.78, 5) is 24.9. The number of anilines is 1. The summed E-state index contributed by atoms with van der Waals surface area (Å²) in [6.45, 7) is 4.29. The van der Waals surface area contributed by atoms with Crippen LogP contribution in [-0.2, 0) is 4.79 Å². The van der Waals surface area contributed by atoms with E-state index in [4.69, 9.17) is 16.7 Å². The van der Waals surface area contributed by atoms with E-state index in [0.29, 0.717) is 23.2 Å². The van der Waals surface area contributed by atoms with Gasteiger partial charge in [0.1, 0.15) is 0 Å². The lowest BCUT2D eigenvalue weighted by atomic mass is 10.2. The van der Waals surface area contributed by atoms with Crippen molar-refractivity contribution in [1.29, 1.82) is 0 Å². The number of halogens is 1. The lowest BCUT2D eigenvalue weighted by molar-refractivity contribution is -0.117. The van der Waals surface area contributed by atoms with Crippen molar-refractivity contribution >= 4 is 29.2 Å². The molecule has 0 saturated carbocycles. The molecule has 0 aliphatic carbocycles. The van der Waals surface area contributed by atoms with Crippen LogP contribution in [0.4, 0.5) is 5.69 Å². The van der Waals surface area contributed by atoms with Crippen LogP contribution in [0.1, 0.15) is 23.7 Å². The molecule has 0 bridgehead atoms. The predicted octanol–water partition coefficient (Wildman–Crippen LogP) is 2.32. The van der Waals surface area contributed by atoms with Crippen molar-refractivity contribution in [3.63, 3.8) is 0 Å². The predicted molar refractivity (Wildman–Crippen MR) is 77.3 cm³/mol. The maximum absolute atomic E-state index is 11.9. The molecule has 2 N–H and O–H groups in total. The molecule has 1 aliphatic heterocycles. The van der Waals surface area contributed by atoms with E-state index in [1.54, 1.807) is 0 Å². The second kappa shape index (κ2) is 6.24. The van der Waals surface area contributed by atoms with Gasteiger partial charge < -0.3 is 10.4 Å². The summed E-state index contributed by atoms with van der Waals surface area (Å²) in [5.41, 5.74) is 0.434. The smallest absolute Gasteiger partial charge is 0.335 e. The summed E-state index contributed by atoms with van der Waals surface area (Å²) < 4.78 is 0. The summed E-state index contributed by atoms with van der Waals surface area (Å²) in [5, 5.41) is 11.9. The molecule has 1 unspecified atom stereocenters. The number of carboxylic acids is 1. The number of benzene rings is 1. The van der Waals surface area contributed by atoms with Gasteiger partial charge in [-0.1, -0.05) is 18.5 Å². The molecule has 108 valence electrons. The standard InChI is InChI=1S/C14H17ClN2O3/c1-9-4-5-17(7-9)8-13(18)16-12-6-10(14(19)20)2-3-11(12)15/h2-3,6,9H,4-5,7-8H2,1H3,(H,16,18)(H,19,20). The van der Waals surface area contributed by atoms with Gasteiger partial charge in [0.05, 0.1) is 22.8 Å². The number of aromatic carboxylic acids is 1. The van der Waals surface area contributed by atoms with Crippen molar-refractivity contribution in [2.24, 2.45) is 5.92 Å². The Kier molecular flexibility index (Phi) is 4.62. The Hall–Kier alpha value is -1.59. The van der Waals surface area contributed by atoms with Gasteiger partial charge >= 0.3 is 5.97 Å². The van der Waals surface area contributed by atoms with Crippen LogP contribution in [0, 0.1) is 5.92 Å². The highest BCUT2D eigenvalue weighted by Crippen LogP contribution is 2.23. The van der Waals surface area contributed by atoms with E-state index < -0.39 is 5.97 Å². The van der Waals surface area contributed by atoms with Crippen LogP contribution in [0.15, 0.2) is 18.2 Å². The van der Waals surface area contributed by atoms with E-state index in [9.17, 15) is 9.59 Å². The highest BCUT2D eigenvalue weighted by atomic mass is 35.5. The topological polar surface area (TPSA) is 69.6 Å². The molecule has 1 saturated heterocycles. The van der Waals surface area contributed by atoms with E-state index in [2.05, 4.69) is 17.1 Å². The molecule has 0 aromatic heterocycles. The highest BCUT2D eigenvalue weighted by Gasteiger charge is 2.21. The largest absolute Gasteiger partial charge is 0.478 e. The van der Waals surface area contributed by atoms with Crippen molar-refractivity contribution in [1.82, 2.24) is 4.90 Å². The van der Waals surface area contributed by atoms with E-state index in [0.717, 1.165) is 19.5 Å². The first-order valence-electron chi connectivity index (χ1n) is 6.50. The Morgan fingerprint density at radius 3 is 2.85 bits per heavy atom. The molecule has 0 radical (unpaired) electrons. The quantitative estimate of drug-likeness (QED) is 0.894. The van der Waals surface area contributed by atoms with Gasteiger partial charge in [-0.15, -0.1) is 0 Å². The molecule has 20 heavy (non-hydrogen) atoms. The average molecular weight is 297 g/mol. The molecule has 5 nitrogen and oxygen atoms in total. The Labute approximate surface area is 122 Å². The van der Waals surface area contributed by atoms with Gasteiger partial charge in [0.2, 0.25) is 5.91 Å². The molecule has 1 fully saturated rings. The van der Waals surface area contributed by atoms with Crippen LogP contribution in [0.3, 0.4) is 0 Å². The fourth-order valence-corrected chi connectivity index (χ4v) is 2.48. The Bertz CT molecular complexity index is 533. The Morgan fingerprint density at radius 1 is 1.50 bits per heavy atom. The Balaban J connectivity index is 2.00. The van der Waals surface area contributed by atoms with Crippen molar-refractivity contribution in [2.45, 2.75) is 13.3 Å². The second-order valence-electron chi connectivity index (χ2n) is 5.18. The zero-order valence-corrected chi connectivity index (χ0v) is 12.0. The number of nitrogens with one attached hydrogen (secondary N) is 1. The molecular formula is C14H17ClN2O3. The van der Waals surface area contributed by atoms with E-state index in [1.807, 2.05) is 0 Å². The maximum atomic E-state index is 11.9. The lowest BCUT2D eigenvalue weighted by Crippen LogP contribution is -2.31. The summed E-state index contributed by atoms with van der Waals surface area (Å²) in [6, 6.07) is 4.25. The minimum atomic E-state index is -1.05. The summed E-state index contributed by atoms with van der Waals surface area (Å²) in [5.74, 6) is -0.615. The summed E-state index contributed by atoms with van der Waals surface area (Å²) >= 11 is 5.96. The van der Waals surface area contributed by atoms with Gasteiger partial charge in [-0.2, -0.15) is 0 Å². The third-order valence-corrected chi connectivity index (χ3v) is 3.69. The summed E-state index contributed by atoms with van der Waals surface area (Å²) in [7, 11) is 0. The molecule has 1 aromatic carbocycles. The Morgan fingerprint density at radius 2 is 2.25 bits per heavy atom. The SMILES string of the molecule is CC1CCN(CC(=O)Nc2cc(C(=O)O)ccc2Cl)C1. The van der Waals surface area contributed by atoms with Gasteiger partial charge in [-0.05, 0) is 37.1 Å². The minimum absolute atomic E-state index is 0.0968. The molecule has 6 heteroatoms. The zero-order chi connectivity index (χ0) is 14.7. The van der Waals surface area contributed by atoms with Gasteiger partial charge in [0.15, 0.2) is 0 Å². The van der Waals surface area contributed by atoms with Crippen molar-refractivity contribution < 1.29 is 14.7 Å². The number of carboxylic acid groups (broad SMARTS) is 1. The second-order valence-corrected chi connectivity index (χ2v) is 5.58. The van der Waals surface area contributed by atoms with E-state index in [-0.39, 0.29) is 11.5 Å². The fourth-order valence-electron chi connectivity index (χ4n) is 2.32. The number of likely N-dealkylation sites (tertiary alicyclic amines) is 1. The molecule has 1 atom stereocenters. The highest BCUT2D eigenvalue weighted by molar-refractivity contribution is 6.33. The number of rotatable bonds is 4. The number of carbonyl (C=O) groups excluding carboxylic acids is 1. The van der Waals surface area contributed by atoms with Crippen LogP contribution in [0.25, 0.3) is 0 Å². The van der Waals surface area contributed by atoms with Crippen LogP contribution < -0.4 is 5.32 Å². The molecule has 2 rings (SSSR count).